The highest BCUT2D eigenvalue weighted by molar-refractivity contribution is 9.10. The van der Waals surface area contributed by atoms with E-state index in [0.717, 1.165) is 0 Å². The van der Waals surface area contributed by atoms with Crippen molar-refractivity contribution in [3.8, 4) is 11.8 Å². The molecule has 7 nitrogen and oxygen atoms in total. The Hall–Kier alpha value is -3.22. The molecule has 9 heteroatoms. The molecule has 140 valence electrons. The van der Waals surface area contributed by atoms with Crippen molar-refractivity contribution in [3.63, 3.8) is 0 Å². The summed E-state index contributed by atoms with van der Waals surface area (Å²) >= 11 is 4.62. The lowest BCUT2D eigenvalue weighted by molar-refractivity contribution is -0.112. The molecule has 0 bridgehead atoms. The topological polar surface area (TPSA) is 105 Å². The largest absolute Gasteiger partial charge is 0.421 e. The second-order valence-electron chi connectivity index (χ2n) is 5.50. The van der Waals surface area contributed by atoms with E-state index in [0.29, 0.717) is 26.4 Å². The Morgan fingerprint density at radius 2 is 2.18 bits per heavy atom. The second-order valence-corrected chi connectivity index (χ2v) is 7.31. The van der Waals surface area contributed by atoms with Crippen LogP contribution >= 0.6 is 27.3 Å². The molecule has 28 heavy (non-hydrogen) atoms. The van der Waals surface area contributed by atoms with E-state index in [4.69, 9.17) is 9.26 Å². The lowest BCUT2D eigenvalue weighted by Gasteiger charge is -2.06. The molecule has 0 saturated heterocycles. The van der Waals surface area contributed by atoms with Gasteiger partial charge in [0, 0.05) is 6.07 Å². The normalized spacial score (nSPS) is 11.0. The highest BCUT2D eigenvalue weighted by Gasteiger charge is 2.14. The van der Waals surface area contributed by atoms with Gasteiger partial charge in [0.25, 0.3) is 5.91 Å². The third kappa shape index (κ3) is 4.73. The molecule has 2 heterocycles. The van der Waals surface area contributed by atoms with Crippen molar-refractivity contribution in [3.05, 3.63) is 68.0 Å². The molecule has 0 saturated carbocycles. The predicted molar refractivity (Wildman–Crippen MR) is 107 cm³/mol. The Labute approximate surface area is 172 Å². The van der Waals surface area contributed by atoms with Gasteiger partial charge in [-0.25, -0.2) is 4.79 Å². The minimum atomic E-state index is -0.611. The van der Waals surface area contributed by atoms with Gasteiger partial charge in [0.15, 0.2) is 5.82 Å². The number of nitriles is 1. The SMILES string of the molecule is Cc1cc(NC(=O)/C(C#N)=C\c2ccc(OC(=O)c3cccs3)c(Br)c2)no1. The van der Waals surface area contributed by atoms with Crippen molar-refractivity contribution in [2.24, 2.45) is 0 Å². The maximum Gasteiger partial charge on any atom is 0.353 e. The van der Waals surface area contributed by atoms with Crippen LogP contribution in [0.4, 0.5) is 5.82 Å². The van der Waals surface area contributed by atoms with Crippen LogP contribution in [-0.2, 0) is 4.79 Å². The summed E-state index contributed by atoms with van der Waals surface area (Å²) in [7, 11) is 0. The smallest absolute Gasteiger partial charge is 0.353 e. The van der Waals surface area contributed by atoms with Crippen molar-refractivity contribution in [2.45, 2.75) is 6.92 Å². The first-order valence-electron chi connectivity index (χ1n) is 7.88. The van der Waals surface area contributed by atoms with Crippen LogP contribution in [0.3, 0.4) is 0 Å². The molecule has 0 aliphatic carbocycles. The van der Waals surface area contributed by atoms with E-state index in [2.05, 4.69) is 26.4 Å². The van der Waals surface area contributed by atoms with Gasteiger partial charge in [-0.05, 0) is 58.1 Å². The minimum absolute atomic E-state index is 0.115. The van der Waals surface area contributed by atoms with Crippen molar-refractivity contribution in [1.82, 2.24) is 5.16 Å². The molecule has 0 radical (unpaired) electrons. The molecule has 0 fully saturated rings. The number of rotatable bonds is 5. The first-order chi connectivity index (χ1) is 13.5. The number of thiophene rings is 1. The third-order valence-corrected chi connectivity index (χ3v) is 4.90. The highest BCUT2D eigenvalue weighted by atomic mass is 79.9. The van der Waals surface area contributed by atoms with E-state index < -0.39 is 11.9 Å². The summed E-state index contributed by atoms with van der Waals surface area (Å²) in [5.74, 6) is 0.0192. The number of hydrogen-bond donors (Lipinski definition) is 1. The summed E-state index contributed by atoms with van der Waals surface area (Å²) in [4.78, 5) is 24.8. The Morgan fingerprint density at radius 3 is 2.79 bits per heavy atom. The van der Waals surface area contributed by atoms with Gasteiger partial charge in [-0.1, -0.05) is 17.3 Å². The molecule has 0 atom stereocenters. The number of aryl methyl sites for hydroxylation is 1. The molecule has 1 aromatic carbocycles. The van der Waals surface area contributed by atoms with Crippen molar-refractivity contribution >= 4 is 51.0 Å². The molecule has 0 aliphatic rings. The fourth-order valence-electron chi connectivity index (χ4n) is 2.16. The summed E-state index contributed by atoms with van der Waals surface area (Å²) in [6.07, 6.45) is 1.41. The van der Waals surface area contributed by atoms with Crippen molar-refractivity contribution in [2.75, 3.05) is 5.32 Å². The standard InChI is InChI=1S/C19H12BrN3O4S/c1-11-7-17(23-27-11)22-18(24)13(10-21)8-12-4-5-15(14(20)9-12)26-19(25)16-3-2-6-28-16/h2-9H,1H3,(H,22,23,24)/b13-8-. The van der Waals surface area contributed by atoms with Crippen LogP contribution in [0, 0.1) is 18.3 Å². The van der Waals surface area contributed by atoms with Gasteiger partial charge in [-0.3, -0.25) is 4.79 Å². The molecule has 3 aromatic rings. The quantitative estimate of drug-likeness (QED) is 0.260. The van der Waals surface area contributed by atoms with Crippen LogP contribution in [-0.4, -0.2) is 17.0 Å². The van der Waals surface area contributed by atoms with Crippen LogP contribution in [0.2, 0.25) is 0 Å². The number of amides is 1. The van der Waals surface area contributed by atoms with Crippen LogP contribution in [0.25, 0.3) is 6.08 Å². The first kappa shape index (κ1) is 19.5. The van der Waals surface area contributed by atoms with E-state index in [1.54, 1.807) is 48.7 Å². The number of anilines is 1. The van der Waals surface area contributed by atoms with E-state index in [-0.39, 0.29) is 11.4 Å². The molecular formula is C19H12BrN3O4S. The summed E-state index contributed by atoms with van der Waals surface area (Å²) in [6, 6.07) is 11.7. The van der Waals surface area contributed by atoms with Crippen LogP contribution in [0.1, 0.15) is 21.0 Å². The number of hydrogen-bond acceptors (Lipinski definition) is 7. The Bertz CT molecular complexity index is 1100. The molecule has 0 unspecified atom stereocenters. The lowest BCUT2D eigenvalue weighted by Crippen LogP contribution is -2.13. The zero-order valence-corrected chi connectivity index (χ0v) is 16.8. The molecule has 1 amide bonds. The third-order valence-electron chi connectivity index (χ3n) is 3.43. The van der Waals surface area contributed by atoms with Gasteiger partial charge in [0.2, 0.25) is 0 Å². The van der Waals surface area contributed by atoms with Gasteiger partial charge < -0.3 is 14.6 Å². The van der Waals surface area contributed by atoms with E-state index in [1.807, 2.05) is 6.07 Å². The van der Waals surface area contributed by atoms with Crippen LogP contribution in [0.5, 0.6) is 5.75 Å². The van der Waals surface area contributed by atoms with Gasteiger partial charge in [0.05, 0.1) is 4.47 Å². The number of nitrogens with one attached hydrogen (secondary N) is 1. The van der Waals surface area contributed by atoms with Gasteiger partial charge in [0.1, 0.15) is 28.0 Å². The van der Waals surface area contributed by atoms with Gasteiger partial charge in [-0.15, -0.1) is 11.3 Å². The zero-order chi connectivity index (χ0) is 20.1. The minimum Gasteiger partial charge on any atom is -0.421 e. The van der Waals surface area contributed by atoms with Gasteiger partial charge >= 0.3 is 5.97 Å². The van der Waals surface area contributed by atoms with E-state index >= 15 is 0 Å². The van der Waals surface area contributed by atoms with E-state index in [1.165, 1.54) is 17.4 Å². The summed E-state index contributed by atoms with van der Waals surface area (Å²) < 4.78 is 10.7. The van der Waals surface area contributed by atoms with Crippen molar-refractivity contribution in [1.29, 1.82) is 5.26 Å². The number of halogens is 1. The number of ether oxygens (including phenoxy) is 1. The Balaban J connectivity index is 1.75. The summed E-state index contributed by atoms with van der Waals surface area (Å²) in [6.45, 7) is 1.69. The number of carbonyl (C=O) groups is 2. The number of nitrogens with zero attached hydrogens (tertiary/aromatic N) is 2. The average Bonchev–Trinajstić information content (AvgIpc) is 3.33. The monoisotopic (exact) mass is 457 g/mol. The second kappa shape index (κ2) is 8.65. The first-order valence-corrected chi connectivity index (χ1v) is 9.55. The van der Waals surface area contributed by atoms with Crippen LogP contribution in [0.15, 0.2) is 56.3 Å². The molecule has 3 rings (SSSR count). The molecule has 0 aliphatic heterocycles. The highest BCUT2D eigenvalue weighted by Crippen LogP contribution is 2.28. The molecular weight excluding hydrogens is 446 g/mol. The summed E-state index contributed by atoms with van der Waals surface area (Å²) in [5.41, 5.74) is 0.460. The number of aromatic nitrogens is 1. The van der Waals surface area contributed by atoms with Gasteiger partial charge in [-0.2, -0.15) is 5.26 Å². The molecule has 2 aromatic heterocycles. The predicted octanol–water partition coefficient (Wildman–Crippen LogP) is 4.57. The fourth-order valence-corrected chi connectivity index (χ4v) is 3.23. The average molecular weight is 458 g/mol. The molecule has 1 N–H and O–H groups in total. The van der Waals surface area contributed by atoms with Crippen LogP contribution < -0.4 is 10.1 Å². The maximum atomic E-state index is 12.2. The van der Waals surface area contributed by atoms with Crippen molar-refractivity contribution < 1.29 is 18.8 Å². The lowest BCUT2D eigenvalue weighted by atomic mass is 10.1. The Kier molecular flexibility index (Phi) is 6.03. The number of benzene rings is 1. The zero-order valence-electron chi connectivity index (χ0n) is 14.4. The molecule has 0 spiro atoms. The van der Waals surface area contributed by atoms with E-state index in [9.17, 15) is 14.9 Å². The summed E-state index contributed by atoms with van der Waals surface area (Å²) in [5, 5.41) is 17.2. The Morgan fingerprint density at radius 1 is 1.36 bits per heavy atom. The number of carbonyl (C=O) groups excluding carboxylic acids is 2. The fraction of sp³-hybridized carbons (Fsp3) is 0.0526. The number of esters is 1. The maximum absolute atomic E-state index is 12.2.